The van der Waals surface area contributed by atoms with E-state index in [9.17, 15) is 13.7 Å². The number of nitrogens with zero attached hydrogens (tertiary/aromatic N) is 3. The summed E-state index contributed by atoms with van der Waals surface area (Å²) in [4.78, 5) is 7.02. The number of piperidine rings is 1. The first-order valence-corrected chi connectivity index (χ1v) is 12.6. The van der Waals surface area contributed by atoms with E-state index in [4.69, 9.17) is 14.5 Å². The first-order chi connectivity index (χ1) is 15.5. The lowest BCUT2D eigenvalue weighted by Crippen LogP contribution is -2.39. The van der Waals surface area contributed by atoms with Crippen molar-refractivity contribution in [2.45, 2.75) is 23.0 Å². The normalized spacial score (nSPS) is 14.7. The number of anilines is 1. The Hall–Kier alpha value is -3.09. The highest BCUT2D eigenvalue weighted by Gasteiger charge is 2.33. The Bertz CT molecular complexity index is 1260. The van der Waals surface area contributed by atoms with Gasteiger partial charge in [-0.15, -0.1) is 11.3 Å². The summed E-state index contributed by atoms with van der Waals surface area (Å²) >= 11 is 1.52. The van der Waals surface area contributed by atoms with Gasteiger partial charge >= 0.3 is 0 Å². The average Bonchev–Trinajstić information content (AvgIpc) is 3.34. The molecule has 1 aliphatic heterocycles. The zero-order valence-corrected chi connectivity index (χ0v) is 19.4. The molecule has 2 heterocycles. The summed E-state index contributed by atoms with van der Waals surface area (Å²) in [5.74, 6) is 1.43. The number of aromatic nitrogens is 1. The van der Waals surface area contributed by atoms with Crippen molar-refractivity contribution >= 4 is 26.3 Å². The average molecular weight is 470 g/mol. The molecule has 1 aliphatic rings. The number of benzene rings is 2. The fourth-order valence-electron chi connectivity index (χ4n) is 3.89. The van der Waals surface area contributed by atoms with Crippen molar-refractivity contribution in [3.63, 3.8) is 0 Å². The largest absolute Gasteiger partial charge is 0.497 e. The van der Waals surface area contributed by atoms with Crippen molar-refractivity contribution in [1.29, 1.82) is 5.26 Å². The molecular formula is C23H23N3O4S2. The van der Waals surface area contributed by atoms with Crippen LogP contribution in [0, 0.1) is 11.3 Å². The molecule has 1 saturated heterocycles. The third kappa shape index (κ3) is 4.16. The van der Waals surface area contributed by atoms with Crippen molar-refractivity contribution in [2.75, 3.05) is 32.2 Å². The minimum atomic E-state index is -3.56. The van der Waals surface area contributed by atoms with Crippen molar-refractivity contribution in [3.05, 3.63) is 53.4 Å². The monoisotopic (exact) mass is 469 g/mol. The highest BCUT2D eigenvalue weighted by atomic mass is 32.2. The van der Waals surface area contributed by atoms with Gasteiger partial charge in [-0.3, -0.25) is 0 Å². The molecule has 0 N–H and O–H groups in total. The summed E-state index contributed by atoms with van der Waals surface area (Å²) in [7, 11) is -0.326. The molecule has 1 aromatic heterocycles. The van der Waals surface area contributed by atoms with Crippen LogP contribution < -0.4 is 14.4 Å². The quantitative estimate of drug-likeness (QED) is 0.536. The third-order valence-corrected chi connectivity index (χ3v) is 8.86. The zero-order chi connectivity index (χ0) is 22.7. The molecule has 0 radical (unpaired) electrons. The molecule has 0 bridgehead atoms. The van der Waals surface area contributed by atoms with Crippen LogP contribution in [0.15, 0.2) is 52.7 Å². The summed E-state index contributed by atoms with van der Waals surface area (Å²) in [5.41, 5.74) is 1.84. The molecule has 32 heavy (non-hydrogen) atoms. The molecule has 0 aliphatic carbocycles. The summed E-state index contributed by atoms with van der Waals surface area (Å²) < 4.78 is 37.0. The van der Waals surface area contributed by atoms with Gasteiger partial charge in [0, 0.05) is 24.0 Å². The predicted octanol–water partition coefficient (Wildman–Crippen LogP) is 4.14. The molecule has 3 aromatic rings. The van der Waals surface area contributed by atoms with Crippen molar-refractivity contribution in [2.24, 2.45) is 0 Å². The van der Waals surface area contributed by atoms with E-state index in [0.717, 1.165) is 22.1 Å². The highest BCUT2D eigenvalue weighted by Crippen LogP contribution is 2.37. The van der Waals surface area contributed by atoms with Crippen LogP contribution in [0.4, 0.5) is 5.13 Å². The van der Waals surface area contributed by atoms with Crippen LogP contribution in [0.1, 0.15) is 18.4 Å². The number of hydrogen-bond donors (Lipinski definition) is 0. The number of sulfone groups is 1. The lowest BCUT2D eigenvalue weighted by Gasteiger charge is -2.31. The van der Waals surface area contributed by atoms with E-state index < -0.39 is 15.1 Å². The van der Waals surface area contributed by atoms with Crippen LogP contribution in [-0.4, -0.2) is 46.0 Å². The minimum absolute atomic E-state index is 0.127. The van der Waals surface area contributed by atoms with Crippen molar-refractivity contribution in [3.8, 4) is 28.8 Å². The number of hydrogen-bond acceptors (Lipinski definition) is 8. The topological polar surface area (TPSA) is 92.5 Å². The van der Waals surface area contributed by atoms with Gasteiger partial charge in [-0.25, -0.2) is 13.4 Å². The van der Waals surface area contributed by atoms with Crippen LogP contribution >= 0.6 is 11.3 Å². The van der Waals surface area contributed by atoms with Crippen LogP contribution in [0.25, 0.3) is 11.3 Å². The molecule has 0 amide bonds. The molecule has 2 aromatic carbocycles. The molecule has 0 atom stereocenters. The molecule has 9 heteroatoms. The minimum Gasteiger partial charge on any atom is -0.497 e. The van der Waals surface area contributed by atoms with Gasteiger partial charge in [-0.2, -0.15) is 5.26 Å². The van der Waals surface area contributed by atoms with Gasteiger partial charge in [0.1, 0.15) is 17.6 Å². The van der Waals surface area contributed by atoms with Gasteiger partial charge in [0.2, 0.25) is 0 Å². The molecule has 0 spiro atoms. The Morgan fingerprint density at radius 2 is 1.88 bits per heavy atom. The third-order valence-electron chi connectivity index (χ3n) is 5.64. The Balaban J connectivity index is 1.51. The predicted molar refractivity (Wildman–Crippen MR) is 124 cm³/mol. The van der Waals surface area contributed by atoms with Crippen LogP contribution in [0.3, 0.4) is 0 Å². The van der Waals surface area contributed by atoms with E-state index in [2.05, 4.69) is 4.90 Å². The van der Waals surface area contributed by atoms with Crippen LogP contribution in [-0.2, 0) is 9.84 Å². The first-order valence-electron chi connectivity index (χ1n) is 10.1. The number of nitriles is 1. The van der Waals surface area contributed by atoms with Gasteiger partial charge < -0.3 is 14.4 Å². The van der Waals surface area contributed by atoms with E-state index in [1.165, 1.54) is 17.4 Å². The van der Waals surface area contributed by atoms with E-state index >= 15 is 0 Å². The first kappa shape index (κ1) is 22.1. The number of methoxy groups -OCH3 is 2. The second-order valence-electron chi connectivity index (χ2n) is 7.42. The maximum Gasteiger partial charge on any atom is 0.185 e. The molecular weight excluding hydrogens is 446 g/mol. The van der Waals surface area contributed by atoms with Crippen molar-refractivity contribution < 1.29 is 17.9 Å². The zero-order valence-electron chi connectivity index (χ0n) is 17.8. The van der Waals surface area contributed by atoms with Gasteiger partial charge in [-0.1, -0.05) is 12.1 Å². The fraction of sp³-hybridized carbons (Fsp3) is 0.304. The smallest absolute Gasteiger partial charge is 0.185 e. The van der Waals surface area contributed by atoms with E-state index in [-0.39, 0.29) is 10.5 Å². The second-order valence-corrected chi connectivity index (χ2v) is 10.5. The number of ether oxygens (including phenoxy) is 2. The Morgan fingerprint density at radius 3 is 2.56 bits per heavy atom. The van der Waals surface area contributed by atoms with Gasteiger partial charge in [0.15, 0.2) is 15.0 Å². The standard InChI is InChI=1S/C23H23N3O4S2/c1-29-17-7-8-21(30-2)19(13-17)20-15-31-23(25-20)26-11-9-18(10-12-26)32(27,28)22-6-4-3-5-16(22)14-24/h3-8,13,15,18H,9-12H2,1-2H3. The van der Waals surface area contributed by atoms with Crippen LogP contribution in [0.2, 0.25) is 0 Å². The maximum atomic E-state index is 13.1. The van der Waals surface area contributed by atoms with Gasteiger partial charge in [0.05, 0.1) is 35.6 Å². The molecule has 0 unspecified atom stereocenters. The summed E-state index contributed by atoms with van der Waals surface area (Å²) in [5, 5.41) is 11.6. The molecule has 166 valence electrons. The maximum absolute atomic E-state index is 13.1. The highest BCUT2D eigenvalue weighted by molar-refractivity contribution is 7.92. The van der Waals surface area contributed by atoms with Gasteiger partial charge in [-0.05, 0) is 43.2 Å². The fourth-order valence-corrected chi connectivity index (χ4v) is 6.65. The molecule has 0 saturated carbocycles. The van der Waals surface area contributed by atoms with E-state index in [1.807, 2.05) is 29.6 Å². The van der Waals surface area contributed by atoms with Crippen molar-refractivity contribution in [1.82, 2.24) is 4.98 Å². The summed E-state index contributed by atoms with van der Waals surface area (Å²) in [6, 6.07) is 14.0. The molecule has 4 rings (SSSR count). The lowest BCUT2D eigenvalue weighted by molar-refractivity contribution is 0.404. The SMILES string of the molecule is COc1ccc(OC)c(-c2csc(N3CCC(S(=O)(=O)c4ccccc4C#N)CC3)n2)c1. The Morgan fingerprint density at radius 1 is 1.12 bits per heavy atom. The molecule has 7 nitrogen and oxygen atoms in total. The lowest BCUT2D eigenvalue weighted by atomic mass is 10.1. The summed E-state index contributed by atoms with van der Waals surface area (Å²) in [6.45, 7) is 1.17. The molecule has 1 fully saturated rings. The van der Waals surface area contributed by atoms with Gasteiger partial charge in [0.25, 0.3) is 0 Å². The van der Waals surface area contributed by atoms with E-state index in [1.54, 1.807) is 32.4 Å². The van der Waals surface area contributed by atoms with E-state index in [0.29, 0.717) is 31.7 Å². The Labute approximate surface area is 191 Å². The summed E-state index contributed by atoms with van der Waals surface area (Å²) in [6.07, 6.45) is 0.971. The van der Waals surface area contributed by atoms with Crippen LogP contribution in [0.5, 0.6) is 11.5 Å². The number of thiazole rings is 1. The Kier molecular flexibility index (Phi) is 6.35. The number of rotatable bonds is 6. The second kappa shape index (κ2) is 9.18.